The first-order chi connectivity index (χ1) is 15.1. The Hall–Kier alpha value is -2.49. The molecule has 1 heterocycles. The largest absolute Gasteiger partial charge is 0.385 e. The molecule has 0 unspecified atom stereocenters. The van der Waals surface area contributed by atoms with Crippen LogP contribution in [0.4, 0.5) is 10.5 Å². The minimum Gasteiger partial charge on any atom is -0.385 e. The molecule has 0 aliphatic carbocycles. The molecule has 31 heavy (non-hydrogen) atoms. The van der Waals surface area contributed by atoms with Crippen LogP contribution in [0.3, 0.4) is 0 Å². The number of hydrogen-bond acceptors (Lipinski definition) is 6. The van der Waals surface area contributed by atoms with Crippen LogP contribution >= 0.6 is 11.3 Å². The van der Waals surface area contributed by atoms with Crippen molar-refractivity contribution in [3.8, 4) is 0 Å². The molecular formula is C22H32N4O4S. The number of methoxy groups -OCH3 is 2. The number of amides is 3. The Kier molecular flexibility index (Phi) is 11.0. The molecule has 0 saturated heterocycles. The SMILES string of the molecule is CCc1cccc(NC(=O)N(CCCOC)Cc2nc(C(=O)NCCCOC)cs2)c1. The van der Waals surface area contributed by atoms with E-state index in [-0.39, 0.29) is 11.9 Å². The predicted octanol–water partition coefficient (Wildman–Crippen LogP) is 3.54. The van der Waals surface area contributed by atoms with E-state index < -0.39 is 0 Å². The van der Waals surface area contributed by atoms with Crippen LogP contribution in [0, 0.1) is 0 Å². The predicted molar refractivity (Wildman–Crippen MR) is 123 cm³/mol. The number of anilines is 1. The van der Waals surface area contributed by atoms with Gasteiger partial charge in [0.05, 0.1) is 6.54 Å². The molecule has 0 aliphatic heterocycles. The number of ether oxygens (including phenoxy) is 2. The van der Waals surface area contributed by atoms with Gasteiger partial charge in [-0.05, 0) is 37.0 Å². The molecular weight excluding hydrogens is 416 g/mol. The van der Waals surface area contributed by atoms with Gasteiger partial charge in [0.15, 0.2) is 0 Å². The van der Waals surface area contributed by atoms with Crippen LogP contribution in [0.5, 0.6) is 0 Å². The smallest absolute Gasteiger partial charge is 0.322 e. The van der Waals surface area contributed by atoms with Gasteiger partial charge in [0.1, 0.15) is 10.7 Å². The summed E-state index contributed by atoms with van der Waals surface area (Å²) in [6.07, 6.45) is 2.35. The number of carbonyl (C=O) groups is 2. The molecule has 8 nitrogen and oxygen atoms in total. The first-order valence-electron chi connectivity index (χ1n) is 10.4. The molecule has 0 saturated carbocycles. The van der Waals surface area contributed by atoms with Gasteiger partial charge in [0, 0.05) is 51.6 Å². The van der Waals surface area contributed by atoms with E-state index in [0.29, 0.717) is 50.0 Å². The lowest BCUT2D eigenvalue weighted by molar-refractivity contribution is 0.0944. The van der Waals surface area contributed by atoms with E-state index in [0.717, 1.165) is 24.1 Å². The Labute approximate surface area is 188 Å². The summed E-state index contributed by atoms with van der Waals surface area (Å²) >= 11 is 1.37. The first kappa shape index (κ1) is 24.8. The van der Waals surface area contributed by atoms with Gasteiger partial charge in [-0.2, -0.15) is 0 Å². The Bertz CT molecular complexity index is 827. The van der Waals surface area contributed by atoms with Crippen LogP contribution in [-0.2, 0) is 22.4 Å². The van der Waals surface area contributed by atoms with Crippen LogP contribution in [0.15, 0.2) is 29.6 Å². The maximum Gasteiger partial charge on any atom is 0.322 e. The topological polar surface area (TPSA) is 92.8 Å². The molecule has 2 rings (SSSR count). The van der Waals surface area contributed by atoms with Gasteiger partial charge in [-0.25, -0.2) is 9.78 Å². The molecule has 0 bridgehead atoms. The Morgan fingerprint density at radius 1 is 1.16 bits per heavy atom. The number of benzene rings is 1. The van der Waals surface area contributed by atoms with Crippen molar-refractivity contribution in [3.05, 3.63) is 45.9 Å². The van der Waals surface area contributed by atoms with Crippen molar-refractivity contribution in [1.29, 1.82) is 0 Å². The monoisotopic (exact) mass is 448 g/mol. The zero-order valence-electron chi connectivity index (χ0n) is 18.5. The summed E-state index contributed by atoms with van der Waals surface area (Å²) in [6.45, 7) is 4.60. The van der Waals surface area contributed by atoms with E-state index in [2.05, 4.69) is 22.5 Å². The van der Waals surface area contributed by atoms with Crippen molar-refractivity contribution >= 4 is 29.0 Å². The molecule has 1 aromatic carbocycles. The van der Waals surface area contributed by atoms with Gasteiger partial charge in [-0.15, -0.1) is 11.3 Å². The maximum atomic E-state index is 12.9. The summed E-state index contributed by atoms with van der Waals surface area (Å²) in [5, 5.41) is 8.21. The van der Waals surface area contributed by atoms with E-state index in [1.807, 2.05) is 24.3 Å². The summed E-state index contributed by atoms with van der Waals surface area (Å²) in [5.74, 6) is -0.217. The quantitative estimate of drug-likeness (QED) is 0.457. The minimum atomic E-state index is -0.217. The number of aromatic nitrogens is 1. The molecule has 1 aromatic heterocycles. The fourth-order valence-corrected chi connectivity index (χ4v) is 3.67. The second-order valence-electron chi connectivity index (χ2n) is 6.98. The molecule has 0 spiro atoms. The number of rotatable bonds is 13. The van der Waals surface area contributed by atoms with Gasteiger partial charge < -0.3 is 25.0 Å². The number of thiazole rings is 1. The number of nitrogens with one attached hydrogen (secondary N) is 2. The van der Waals surface area contributed by atoms with Gasteiger partial charge in [-0.3, -0.25) is 4.79 Å². The average molecular weight is 449 g/mol. The summed E-state index contributed by atoms with van der Waals surface area (Å²) in [7, 11) is 3.27. The Morgan fingerprint density at radius 2 is 1.94 bits per heavy atom. The van der Waals surface area contributed by atoms with Crippen molar-refractivity contribution in [2.24, 2.45) is 0 Å². The summed E-state index contributed by atoms with van der Waals surface area (Å²) in [4.78, 5) is 31.3. The highest BCUT2D eigenvalue weighted by Gasteiger charge is 2.18. The lowest BCUT2D eigenvalue weighted by atomic mass is 10.1. The molecule has 0 radical (unpaired) electrons. The molecule has 3 amide bonds. The van der Waals surface area contributed by atoms with E-state index in [1.165, 1.54) is 11.3 Å². The Morgan fingerprint density at radius 3 is 2.68 bits per heavy atom. The normalized spacial score (nSPS) is 10.7. The van der Waals surface area contributed by atoms with Crippen molar-refractivity contribution in [2.75, 3.05) is 45.8 Å². The average Bonchev–Trinajstić information content (AvgIpc) is 3.25. The zero-order chi connectivity index (χ0) is 22.5. The third kappa shape index (κ3) is 8.64. The van der Waals surface area contributed by atoms with E-state index in [1.54, 1.807) is 24.5 Å². The highest BCUT2D eigenvalue weighted by Crippen LogP contribution is 2.16. The number of hydrogen-bond donors (Lipinski definition) is 2. The van der Waals surface area contributed by atoms with Gasteiger partial charge in [0.25, 0.3) is 5.91 Å². The second kappa shape index (κ2) is 13.7. The minimum absolute atomic E-state index is 0.204. The van der Waals surface area contributed by atoms with Crippen LogP contribution in [0.25, 0.3) is 0 Å². The van der Waals surface area contributed by atoms with Gasteiger partial charge in [-0.1, -0.05) is 19.1 Å². The number of aryl methyl sites for hydroxylation is 1. The fourth-order valence-electron chi connectivity index (χ4n) is 2.88. The van der Waals surface area contributed by atoms with E-state index in [9.17, 15) is 9.59 Å². The molecule has 0 aliphatic rings. The molecule has 2 N–H and O–H groups in total. The van der Waals surface area contributed by atoms with Crippen LogP contribution in [-0.4, -0.2) is 62.3 Å². The van der Waals surface area contributed by atoms with Gasteiger partial charge in [0.2, 0.25) is 0 Å². The lowest BCUT2D eigenvalue weighted by Crippen LogP contribution is -2.35. The molecule has 2 aromatic rings. The second-order valence-corrected chi connectivity index (χ2v) is 7.92. The first-order valence-corrected chi connectivity index (χ1v) is 11.3. The summed E-state index contributed by atoms with van der Waals surface area (Å²) < 4.78 is 10.1. The lowest BCUT2D eigenvalue weighted by Gasteiger charge is -2.22. The van der Waals surface area contributed by atoms with Crippen LogP contribution in [0.1, 0.15) is 40.8 Å². The van der Waals surface area contributed by atoms with Crippen molar-refractivity contribution in [2.45, 2.75) is 32.7 Å². The van der Waals surface area contributed by atoms with Crippen molar-refractivity contribution < 1.29 is 19.1 Å². The van der Waals surface area contributed by atoms with E-state index >= 15 is 0 Å². The maximum absolute atomic E-state index is 12.9. The standard InChI is InChI=1S/C22H32N4O4S/c1-4-17-8-5-9-18(14-17)24-22(28)26(11-7-13-30-3)15-20-25-19(16-31-20)21(27)23-10-6-12-29-2/h5,8-9,14,16H,4,6-7,10-13,15H2,1-3H3,(H,23,27)(H,24,28). The van der Waals surface area contributed by atoms with Crippen LogP contribution in [0.2, 0.25) is 0 Å². The zero-order valence-corrected chi connectivity index (χ0v) is 19.3. The molecule has 0 fully saturated rings. The summed E-state index contributed by atoms with van der Waals surface area (Å²) in [5.41, 5.74) is 2.28. The van der Waals surface area contributed by atoms with Gasteiger partial charge >= 0.3 is 6.03 Å². The highest BCUT2D eigenvalue weighted by atomic mass is 32.1. The molecule has 170 valence electrons. The van der Waals surface area contributed by atoms with E-state index in [4.69, 9.17) is 9.47 Å². The molecule has 9 heteroatoms. The highest BCUT2D eigenvalue weighted by molar-refractivity contribution is 7.09. The molecule has 0 atom stereocenters. The third-order valence-corrected chi connectivity index (χ3v) is 5.41. The van der Waals surface area contributed by atoms with Crippen LogP contribution < -0.4 is 10.6 Å². The van der Waals surface area contributed by atoms with Crippen molar-refractivity contribution in [3.63, 3.8) is 0 Å². The number of nitrogens with zero attached hydrogens (tertiary/aromatic N) is 2. The number of urea groups is 1. The summed E-state index contributed by atoms with van der Waals surface area (Å²) in [6, 6.07) is 7.61. The Balaban J connectivity index is 2.00. The fraction of sp³-hybridized carbons (Fsp3) is 0.500. The van der Waals surface area contributed by atoms with Crippen molar-refractivity contribution in [1.82, 2.24) is 15.2 Å². The number of carbonyl (C=O) groups excluding carboxylic acids is 2. The third-order valence-electron chi connectivity index (χ3n) is 4.57.